The molecular weight excluding hydrogens is 482 g/mol. The van der Waals surface area contributed by atoms with Gasteiger partial charge in [0.2, 0.25) is 0 Å². The number of hydrogen-bond donors (Lipinski definition) is 5. The molecule has 1 saturated heterocycles. The van der Waals surface area contributed by atoms with Crippen LogP contribution in [-0.4, -0.2) is 59.4 Å². The number of benzene rings is 1. The third-order valence-corrected chi connectivity index (χ3v) is 5.63. The molecule has 0 aliphatic carbocycles. The van der Waals surface area contributed by atoms with Gasteiger partial charge in [0.05, 0.1) is 12.2 Å². The lowest BCUT2D eigenvalue weighted by Crippen LogP contribution is -2.33. The van der Waals surface area contributed by atoms with Gasteiger partial charge >= 0.3 is 6.09 Å². The number of nitrogens with zero attached hydrogens (tertiary/aromatic N) is 3. The minimum absolute atomic E-state index is 0.0907. The molecule has 0 atom stereocenters. The highest BCUT2D eigenvalue weighted by Crippen LogP contribution is 2.24. The number of phenols is 1. The number of amides is 1. The third-order valence-electron chi connectivity index (χ3n) is 5.63. The van der Waals surface area contributed by atoms with Crippen molar-refractivity contribution >= 4 is 17.6 Å². The SMILES string of the molecule is CC(C)(C)OC(=O)NCC#Cc1cccc(N2CCCN(C(/C=C(\N)c3ccccc3O)=C(N)N)CC2)n1. The van der Waals surface area contributed by atoms with E-state index < -0.39 is 11.7 Å². The molecule has 1 aliphatic heterocycles. The summed E-state index contributed by atoms with van der Waals surface area (Å²) in [6.45, 7) is 8.43. The van der Waals surface area contributed by atoms with Crippen LogP contribution in [0.3, 0.4) is 0 Å². The molecule has 10 heteroatoms. The van der Waals surface area contributed by atoms with Gasteiger partial charge in [0.15, 0.2) is 0 Å². The van der Waals surface area contributed by atoms with Gasteiger partial charge in [-0.1, -0.05) is 24.1 Å². The number of anilines is 1. The van der Waals surface area contributed by atoms with E-state index in [2.05, 4.69) is 31.9 Å². The molecule has 0 spiro atoms. The number of carbonyl (C=O) groups is 1. The second kappa shape index (κ2) is 12.6. The Kier molecular flexibility index (Phi) is 9.33. The number of aromatic nitrogens is 1. The number of pyridine rings is 1. The maximum Gasteiger partial charge on any atom is 0.408 e. The number of nitrogens with two attached hydrogens (primary N) is 3. The van der Waals surface area contributed by atoms with Crippen LogP contribution < -0.4 is 27.4 Å². The molecule has 3 rings (SSSR count). The van der Waals surface area contributed by atoms with Gasteiger partial charge in [0.25, 0.3) is 0 Å². The maximum atomic E-state index is 11.8. The largest absolute Gasteiger partial charge is 0.507 e. The molecule has 0 saturated carbocycles. The molecule has 8 N–H and O–H groups in total. The number of para-hydroxylation sites is 1. The van der Waals surface area contributed by atoms with Gasteiger partial charge in [-0.2, -0.15) is 0 Å². The number of nitrogens with one attached hydrogen (secondary N) is 1. The minimum Gasteiger partial charge on any atom is -0.507 e. The van der Waals surface area contributed by atoms with Gasteiger partial charge < -0.3 is 42.2 Å². The molecule has 2 aromatic rings. The highest BCUT2D eigenvalue weighted by atomic mass is 16.6. The molecule has 1 fully saturated rings. The van der Waals surface area contributed by atoms with Gasteiger partial charge in [-0.15, -0.1) is 0 Å². The topological polar surface area (TPSA) is 156 Å². The van der Waals surface area contributed by atoms with Crippen molar-refractivity contribution in [2.24, 2.45) is 17.2 Å². The quantitative estimate of drug-likeness (QED) is 0.295. The van der Waals surface area contributed by atoms with E-state index in [0.29, 0.717) is 35.7 Å². The van der Waals surface area contributed by atoms with E-state index >= 15 is 0 Å². The summed E-state index contributed by atoms with van der Waals surface area (Å²) in [5.41, 5.74) is 19.9. The van der Waals surface area contributed by atoms with Crippen molar-refractivity contribution in [3.63, 3.8) is 0 Å². The lowest BCUT2D eigenvalue weighted by molar-refractivity contribution is 0.0535. The number of allylic oxidation sites excluding steroid dienone is 1. The van der Waals surface area contributed by atoms with E-state index in [-0.39, 0.29) is 18.1 Å². The first-order chi connectivity index (χ1) is 18.0. The van der Waals surface area contributed by atoms with Crippen LogP contribution in [0, 0.1) is 11.8 Å². The molecule has 202 valence electrons. The summed E-state index contributed by atoms with van der Waals surface area (Å²) >= 11 is 0. The number of carbonyl (C=O) groups excluding carboxylic acids is 1. The second-order valence-electron chi connectivity index (χ2n) is 9.82. The molecule has 2 heterocycles. The van der Waals surface area contributed by atoms with Crippen molar-refractivity contribution in [3.05, 3.63) is 71.3 Å². The van der Waals surface area contributed by atoms with E-state index in [9.17, 15) is 9.90 Å². The average molecular weight is 520 g/mol. The molecule has 10 nitrogen and oxygen atoms in total. The van der Waals surface area contributed by atoms with Crippen LogP contribution in [0.1, 0.15) is 38.4 Å². The Morgan fingerprint density at radius 1 is 1.11 bits per heavy atom. The zero-order valence-electron chi connectivity index (χ0n) is 22.2. The van der Waals surface area contributed by atoms with Gasteiger partial charge in [-0.3, -0.25) is 0 Å². The van der Waals surface area contributed by atoms with Crippen LogP contribution in [0.25, 0.3) is 5.70 Å². The summed E-state index contributed by atoms with van der Waals surface area (Å²) in [5.74, 6) is 6.96. The van der Waals surface area contributed by atoms with E-state index in [1.807, 2.05) is 18.2 Å². The van der Waals surface area contributed by atoms with Crippen LogP contribution in [0.15, 0.2) is 60.1 Å². The summed E-state index contributed by atoms with van der Waals surface area (Å²) < 4.78 is 5.20. The molecule has 1 aromatic heterocycles. The van der Waals surface area contributed by atoms with Crippen LogP contribution in [0.4, 0.5) is 10.6 Å². The Hall–Kier alpha value is -4.52. The zero-order valence-corrected chi connectivity index (χ0v) is 22.2. The van der Waals surface area contributed by atoms with Crippen molar-refractivity contribution < 1.29 is 14.6 Å². The summed E-state index contributed by atoms with van der Waals surface area (Å²) in [7, 11) is 0. The van der Waals surface area contributed by atoms with Gasteiger partial charge in [0.1, 0.15) is 28.7 Å². The lowest BCUT2D eigenvalue weighted by Gasteiger charge is -2.26. The lowest BCUT2D eigenvalue weighted by atomic mass is 10.1. The van der Waals surface area contributed by atoms with Crippen molar-refractivity contribution in [2.75, 3.05) is 37.6 Å². The smallest absolute Gasteiger partial charge is 0.408 e. The Morgan fingerprint density at radius 2 is 1.87 bits per heavy atom. The fourth-order valence-electron chi connectivity index (χ4n) is 3.92. The number of alkyl carbamates (subject to hydrolysis) is 1. The second-order valence-corrected chi connectivity index (χ2v) is 9.82. The summed E-state index contributed by atoms with van der Waals surface area (Å²) in [4.78, 5) is 20.7. The molecular formula is C28H37N7O3. The third kappa shape index (κ3) is 8.27. The van der Waals surface area contributed by atoms with Crippen LogP contribution in [0.2, 0.25) is 0 Å². The first-order valence-electron chi connectivity index (χ1n) is 12.5. The Labute approximate surface area is 224 Å². The predicted molar refractivity (Wildman–Crippen MR) is 149 cm³/mol. The molecule has 1 aromatic carbocycles. The van der Waals surface area contributed by atoms with Gasteiger partial charge in [-0.05, 0) is 63.5 Å². The number of ether oxygens (including phenoxy) is 1. The predicted octanol–water partition coefficient (Wildman–Crippen LogP) is 2.26. The standard InChI is InChI=1S/C28H37N7O3/c1-28(2,3)38-27(37)32-14-7-10-20-9-6-13-25(33-20)35-16-8-15-34(17-18-35)23(26(30)31)19-22(29)21-11-4-5-12-24(21)36/h4-6,9,11-13,19,36H,8,14-18,29-31H2,1-3H3,(H,32,37)/b22-19-. The fraction of sp³-hybridized carbons (Fsp3) is 0.357. The fourth-order valence-corrected chi connectivity index (χ4v) is 3.92. The van der Waals surface area contributed by atoms with Crippen molar-refractivity contribution in [3.8, 4) is 17.6 Å². The Balaban J connectivity index is 1.65. The molecule has 0 unspecified atom stereocenters. The highest BCUT2D eigenvalue weighted by Gasteiger charge is 2.19. The zero-order chi connectivity index (χ0) is 27.7. The summed E-state index contributed by atoms with van der Waals surface area (Å²) in [5, 5.41) is 12.8. The average Bonchev–Trinajstić information content (AvgIpc) is 3.10. The number of rotatable bonds is 5. The first kappa shape index (κ1) is 28.1. The minimum atomic E-state index is -0.559. The number of phenolic OH excluding ortho intramolecular Hbond substituents is 1. The molecule has 0 radical (unpaired) electrons. The van der Waals surface area contributed by atoms with E-state index in [0.717, 1.165) is 25.3 Å². The molecule has 1 aliphatic rings. The van der Waals surface area contributed by atoms with Gasteiger partial charge in [0, 0.05) is 37.4 Å². The summed E-state index contributed by atoms with van der Waals surface area (Å²) in [6, 6.07) is 12.6. The van der Waals surface area contributed by atoms with Crippen molar-refractivity contribution in [1.82, 2.24) is 15.2 Å². The van der Waals surface area contributed by atoms with E-state index in [1.54, 1.807) is 51.1 Å². The van der Waals surface area contributed by atoms with Crippen molar-refractivity contribution in [1.29, 1.82) is 0 Å². The molecule has 38 heavy (non-hydrogen) atoms. The Bertz CT molecular complexity index is 1250. The van der Waals surface area contributed by atoms with Gasteiger partial charge in [-0.25, -0.2) is 9.78 Å². The molecule has 0 bridgehead atoms. The maximum absolute atomic E-state index is 11.8. The Morgan fingerprint density at radius 3 is 2.58 bits per heavy atom. The summed E-state index contributed by atoms with van der Waals surface area (Å²) in [6.07, 6.45) is 2.05. The first-order valence-corrected chi connectivity index (χ1v) is 12.5. The normalized spacial score (nSPS) is 14.1. The monoisotopic (exact) mass is 519 g/mol. The number of hydrogen-bond acceptors (Lipinski definition) is 9. The van der Waals surface area contributed by atoms with E-state index in [4.69, 9.17) is 21.9 Å². The van der Waals surface area contributed by atoms with Crippen LogP contribution in [-0.2, 0) is 4.74 Å². The number of aromatic hydroxyl groups is 1. The van der Waals surface area contributed by atoms with E-state index in [1.165, 1.54) is 0 Å². The van der Waals surface area contributed by atoms with Crippen molar-refractivity contribution in [2.45, 2.75) is 32.8 Å². The highest BCUT2D eigenvalue weighted by molar-refractivity contribution is 5.70. The van der Waals surface area contributed by atoms with Crippen LogP contribution in [0.5, 0.6) is 5.75 Å². The molecule has 1 amide bonds. The van der Waals surface area contributed by atoms with Crippen LogP contribution >= 0.6 is 0 Å².